The van der Waals surface area contributed by atoms with Crippen molar-refractivity contribution in [1.29, 1.82) is 0 Å². The second-order valence-corrected chi connectivity index (χ2v) is 20.2. The number of aliphatic carboxylic acids is 1. The molecule has 0 bridgehead atoms. The number of carboxylic acid groups (broad SMARTS) is 1. The molecule has 19 heteroatoms. The molecule has 1 aliphatic heterocycles. The number of fused-ring (bicyclic) bond motifs is 7. The van der Waals surface area contributed by atoms with Crippen molar-refractivity contribution in [2.24, 2.45) is 28.1 Å². The lowest BCUT2D eigenvalue weighted by Gasteiger charge is -2.63. The van der Waals surface area contributed by atoms with Gasteiger partial charge in [-0.05, 0) is 99.5 Å². The Hall–Kier alpha value is -3.78. The first-order valence-corrected chi connectivity index (χ1v) is 23.4. The Bertz CT molecular complexity index is 2120. The number of halogens is 4. The molecule has 6 fully saturated rings. The monoisotopic (exact) mass is 965 g/mol. The van der Waals surface area contributed by atoms with Crippen molar-refractivity contribution >= 4 is 62.3 Å². The van der Waals surface area contributed by atoms with E-state index in [4.69, 9.17) is 19.3 Å². The summed E-state index contributed by atoms with van der Waals surface area (Å²) in [6.07, 6.45) is 0.178. The number of carbonyl (C=O) groups is 6. The van der Waals surface area contributed by atoms with Gasteiger partial charge in [-0.1, -0.05) is 52.8 Å². The van der Waals surface area contributed by atoms with Gasteiger partial charge in [-0.25, -0.2) is 13.2 Å². The minimum absolute atomic E-state index is 0.00140. The number of thioether (sulfide) groups is 1. The molecule has 342 valence electrons. The highest BCUT2D eigenvalue weighted by molar-refractivity contribution is 9.09. The SMILES string of the molecule is C[C@]12C=CC(=O)C=C1[C@@H](F)C[C@H]1[C@@H]3C[C@H]4O[C@@H](c5ccc(OC6CC7(CC(NC(=O)[C@H](CCC(=O)O)NC(=O)CNC(=O)CBr)C7)C6)cc5)O[C@@]4(C(=O)SCF)[C@@]3(C)C[C@H](O)[C@@]12F. The zero-order chi connectivity index (χ0) is 45.3. The number of nitrogens with one attached hydrogen (secondary N) is 3. The number of allylic oxidation sites excluding steroid dienone is 4. The first-order valence-electron chi connectivity index (χ1n) is 21.2. The zero-order valence-electron chi connectivity index (χ0n) is 34.7. The third kappa shape index (κ3) is 7.64. The lowest BCUT2D eigenvalue weighted by molar-refractivity contribution is -0.232. The maximum Gasteiger partial charge on any atom is 0.303 e. The summed E-state index contributed by atoms with van der Waals surface area (Å²) in [5.41, 5.74) is -6.51. The molecule has 0 unspecified atom stereocenters. The molecule has 11 atom stereocenters. The molecule has 1 aromatic rings. The molecular weight excluding hydrogens is 915 g/mol. The fraction of sp³-hybridized carbons (Fsp3) is 0.636. The summed E-state index contributed by atoms with van der Waals surface area (Å²) in [5.74, 6) is -4.27. The van der Waals surface area contributed by atoms with E-state index in [0.717, 1.165) is 18.9 Å². The van der Waals surface area contributed by atoms with E-state index in [1.54, 1.807) is 31.2 Å². The maximum absolute atomic E-state index is 17.8. The predicted octanol–water partition coefficient (Wildman–Crippen LogP) is 4.62. The number of hydrogen-bond acceptors (Lipinski definition) is 11. The van der Waals surface area contributed by atoms with Gasteiger partial charge in [-0.15, -0.1) is 0 Å². The van der Waals surface area contributed by atoms with E-state index in [0.29, 0.717) is 35.9 Å². The number of amides is 3. The molecule has 5 N–H and O–H groups in total. The summed E-state index contributed by atoms with van der Waals surface area (Å²) in [4.78, 5) is 74.4. The van der Waals surface area contributed by atoms with Crippen LogP contribution < -0.4 is 20.7 Å². The molecule has 8 rings (SSSR count). The lowest BCUT2D eigenvalue weighted by atomic mass is 9.44. The van der Waals surface area contributed by atoms with Gasteiger partial charge in [0.1, 0.15) is 24.0 Å². The van der Waals surface area contributed by atoms with Gasteiger partial charge in [0, 0.05) is 34.8 Å². The second-order valence-electron chi connectivity index (χ2n) is 18.7. The first-order chi connectivity index (χ1) is 29.8. The number of rotatable bonds is 14. The van der Waals surface area contributed by atoms with E-state index >= 15 is 8.78 Å². The largest absolute Gasteiger partial charge is 0.490 e. The molecule has 14 nitrogen and oxygen atoms in total. The summed E-state index contributed by atoms with van der Waals surface area (Å²) in [7, 11) is 0. The van der Waals surface area contributed by atoms with Gasteiger partial charge in [0.2, 0.25) is 22.8 Å². The maximum atomic E-state index is 17.8. The minimum Gasteiger partial charge on any atom is -0.490 e. The van der Waals surface area contributed by atoms with Crippen molar-refractivity contribution < 1.29 is 66.4 Å². The summed E-state index contributed by atoms with van der Waals surface area (Å²) < 4.78 is 67.0. The van der Waals surface area contributed by atoms with Crippen LogP contribution in [-0.2, 0) is 38.2 Å². The van der Waals surface area contributed by atoms with Crippen molar-refractivity contribution in [3.63, 3.8) is 0 Å². The number of alkyl halides is 4. The van der Waals surface area contributed by atoms with Crippen molar-refractivity contribution in [3.05, 3.63) is 53.6 Å². The number of aliphatic hydroxyl groups is 1. The molecule has 1 heterocycles. The number of carbonyl (C=O) groups excluding carboxylic acids is 5. The fourth-order valence-electron chi connectivity index (χ4n) is 12.2. The Morgan fingerprint density at radius 3 is 2.41 bits per heavy atom. The lowest BCUT2D eigenvalue weighted by Crippen LogP contribution is -2.70. The number of carboxylic acids is 1. The van der Waals surface area contributed by atoms with E-state index in [9.17, 15) is 38.3 Å². The van der Waals surface area contributed by atoms with Gasteiger partial charge in [-0.2, -0.15) is 0 Å². The topological polar surface area (TPSA) is 207 Å². The summed E-state index contributed by atoms with van der Waals surface area (Å²) >= 11 is 3.41. The normalized spacial score (nSPS) is 39.9. The van der Waals surface area contributed by atoms with Crippen LogP contribution in [0.1, 0.15) is 83.5 Å². The third-order valence-corrected chi connectivity index (χ3v) is 16.4. The molecule has 6 aliphatic carbocycles. The van der Waals surface area contributed by atoms with Crippen LogP contribution in [0.15, 0.2) is 48.1 Å². The Morgan fingerprint density at radius 1 is 1.03 bits per heavy atom. The fourth-order valence-corrected chi connectivity index (χ4v) is 13.1. The summed E-state index contributed by atoms with van der Waals surface area (Å²) in [6, 6.07) is 4.69. The average Bonchev–Trinajstić information content (AvgIpc) is 3.72. The van der Waals surface area contributed by atoms with Gasteiger partial charge in [0.05, 0.1) is 30.2 Å². The number of ether oxygens (including phenoxy) is 3. The predicted molar refractivity (Wildman–Crippen MR) is 223 cm³/mol. The van der Waals surface area contributed by atoms with Crippen LogP contribution in [0.25, 0.3) is 0 Å². The van der Waals surface area contributed by atoms with Crippen molar-refractivity contribution in [2.75, 3.05) is 17.9 Å². The van der Waals surface area contributed by atoms with E-state index in [1.165, 1.54) is 19.1 Å². The smallest absolute Gasteiger partial charge is 0.303 e. The Morgan fingerprint density at radius 2 is 1.75 bits per heavy atom. The molecule has 1 aromatic carbocycles. The van der Waals surface area contributed by atoms with Gasteiger partial charge in [0.25, 0.3) is 0 Å². The molecule has 5 saturated carbocycles. The van der Waals surface area contributed by atoms with Crippen LogP contribution in [0.4, 0.5) is 13.2 Å². The van der Waals surface area contributed by atoms with Crippen LogP contribution in [0.5, 0.6) is 5.75 Å². The molecular formula is C44H51BrF3N3O11S. The van der Waals surface area contributed by atoms with Crippen LogP contribution in [0.2, 0.25) is 0 Å². The van der Waals surface area contributed by atoms with Crippen LogP contribution in [-0.4, -0.2) is 111 Å². The Kier molecular flexibility index (Phi) is 12.3. The van der Waals surface area contributed by atoms with Crippen molar-refractivity contribution in [2.45, 2.75) is 126 Å². The average molecular weight is 967 g/mol. The van der Waals surface area contributed by atoms with Crippen LogP contribution >= 0.6 is 27.7 Å². The molecule has 0 aromatic heterocycles. The second kappa shape index (κ2) is 16.9. The number of benzene rings is 1. The molecule has 7 aliphatic rings. The van der Waals surface area contributed by atoms with Crippen molar-refractivity contribution in [1.82, 2.24) is 16.0 Å². The van der Waals surface area contributed by atoms with Crippen LogP contribution in [0.3, 0.4) is 0 Å². The number of ketones is 1. The van der Waals surface area contributed by atoms with Gasteiger partial charge < -0.3 is 40.4 Å². The molecule has 63 heavy (non-hydrogen) atoms. The van der Waals surface area contributed by atoms with E-state index in [-0.39, 0.29) is 67.1 Å². The first kappa shape index (κ1) is 45.8. The summed E-state index contributed by atoms with van der Waals surface area (Å²) in [5, 5.41) is 28.1. The summed E-state index contributed by atoms with van der Waals surface area (Å²) in [6.45, 7) is 2.87. The van der Waals surface area contributed by atoms with Gasteiger partial charge in [0.15, 0.2) is 23.3 Å². The Balaban J connectivity index is 0.880. The quantitative estimate of drug-likeness (QED) is 0.162. The highest BCUT2D eigenvalue weighted by Crippen LogP contribution is 2.73. The van der Waals surface area contributed by atoms with Gasteiger partial charge in [-0.3, -0.25) is 28.8 Å². The van der Waals surface area contributed by atoms with Gasteiger partial charge >= 0.3 is 5.97 Å². The highest BCUT2D eigenvalue weighted by atomic mass is 79.9. The number of aliphatic hydroxyl groups excluding tert-OH is 1. The molecule has 3 amide bonds. The Labute approximate surface area is 374 Å². The standard InChI is InChI=1S/C44H51BrF3N3O11S/c1-40-10-9-24(52)11-29(40)30(47)12-28-27-13-33-44(39(59)63-21-46,41(27,2)18-32(53)43(28,40)48)62-38(61-33)22-3-5-25(6-4-22)60-26-16-42(17-26)14-23(15-42)50-37(58)31(7-8-36(56)57)51-35(55)20-49-34(54)19-45/h3-6,9-11,23,26-28,30-33,38,53H,7-8,12-21H2,1-2H3,(H,49,54)(H,50,58)(H,51,55)(H,56,57)/t23?,26?,27-,28-,30-,31-,32-,33+,38+,40-,41-,42?,43-,44-/m0/s1. The highest BCUT2D eigenvalue weighted by Gasteiger charge is 2.80. The zero-order valence-corrected chi connectivity index (χ0v) is 37.1. The van der Waals surface area contributed by atoms with E-state index in [2.05, 4.69) is 31.9 Å². The van der Waals surface area contributed by atoms with Crippen LogP contribution in [0, 0.1) is 28.1 Å². The van der Waals surface area contributed by atoms with E-state index in [1.807, 2.05) is 0 Å². The molecule has 1 spiro atoms. The van der Waals surface area contributed by atoms with E-state index < -0.39 is 105 Å². The molecule has 1 saturated heterocycles. The third-order valence-electron chi connectivity index (χ3n) is 15.2. The van der Waals surface area contributed by atoms with Crippen molar-refractivity contribution in [3.8, 4) is 5.75 Å². The number of hydrogen-bond donors (Lipinski definition) is 5. The molecule has 0 radical (unpaired) electrons. The minimum atomic E-state index is -2.37.